The second kappa shape index (κ2) is 9.02. The highest BCUT2D eigenvalue weighted by Gasteiger charge is 2.45. The van der Waals surface area contributed by atoms with Gasteiger partial charge in [-0.3, -0.25) is 14.4 Å². The van der Waals surface area contributed by atoms with Crippen molar-refractivity contribution in [2.24, 2.45) is 11.8 Å². The molecule has 0 aliphatic heterocycles. The molecule has 0 aromatic carbocycles. The van der Waals surface area contributed by atoms with E-state index in [0.29, 0.717) is 11.8 Å². The van der Waals surface area contributed by atoms with Gasteiger partial charge in [-0.1, -0.05) is 25.6 Å². The molecule has 0 aromatic heterocycles. The minimum atomic E-state index is -4.79. The van der Waals surface area contributed by atoms with Gasteiger partial charge in [0.15, 0.2) is 5.12 Å². The second-order valence-electron chi connectivity index (χ2n) is 5.33. The van der Waals surface area contributed by atoms with Crippen LogP contribution in [0.15, 0.2) is 0 Å². The topological polar surface area (TPSA) is 83.5 Å². The SMILES string of the molecule is CC(=O)SCC(C(=O)NC(CC(=O)O)CC(C)C)C(F)(F)F. The van der Waals surface area contributed by atoms with E-state index in [1.165, 1.54) is 0 Å². The fourth-order valence-electron chi connectivity index (χ4n) is 1.79. The summed E-state index contributed by atoms with van der Waals surface area (Å²) in [5.74, 6) is -5.54. The van der Waals surface area contributed by atoms with E-state index in [0.717, 1.165) is 6.92 Å². The van der Waals surface area contributed by atoms with E-state index in [1.807, 2.05) is 0 Å². The van der Waals surface area contributed by atoms with Gasteiger partial charge in [-0.25, -0.2) is 0 Å². The maximum Gasteiger partial charge on any atom is 0.401 e. The average Bonchev–Trinajstić information content (AvgIpc) is 2.24. The minimum Gasteiger partial charge on any atom is -0.481 e. The predicted octanol–water partition coefficient (Wildman–Crippen LogP) is 2.45. The Labute approximate surface area is 131 Å². The monoisotopic (exact) mass is 343 g/mol. The van der Waals surface area contributed by atoms with Gasteiger partial charge in [0, 0.05) is 18.7 Å². The Morgan fingerprint density at radius 1 is 1.23 bits per heavy atom. The summed E-state index contributed by atoms with van der Waals surface area (Å²) in [6.45, 7) is 4.66. The van der Waals surface area contributed by atoms with Gasteiger partial charge in [-0.05, 0) is 12.3 Å². The standard InChI is InChI=1S/C13H20F3NO4S/c1-7(2)4-9(5-11(19)20)17-12(21)10(13(14,15)16)6-22-8(3)18/h7,9-10H,4-6H2,1-3H3,(H,17,21)(H,19,20). The molecule has 2 unspecified atom stereocenters. The number of thioether (sulfide) groups is 1. The average molecular weight is 343 g/mol. The number of halogens is 3. The van der Waals surface area contributed by atoms with Crippen molar-refractivity contribution in [1.29, 1.82) is 0 Å². The zero-order valence-electron chi connectivity index (χ0n) is 12.6. The lowest BCUT2D eigenvalue weighted by atomic mass is 10.00. The molecule has 0 spiro atoms. The molecule has 0 heterocycles. The first-order valence-electron chi connectivity index (χ1n) is 6.65. The van der Waals surface area contributed by atoms with Crippen LogP contribution in [0.4, 0.5) is 13.2 Å². The van der Waals surface area contributed by atoms with E-state index in [2.05, 4.69) is 5.32 Å². The third-order valence-corrected chi connectivity index (χ3v) is 3.59. The smallest absolute Gasteiger partial charge is 0.401 e. The van der Waals surface area contributed by atoms with E-state index in [9.17, 15) is 27.6 Å². The number of aliphatic carboxylic acids is 1. The summed E-state index contributed by atoms with van der Waals surface area (Å²) < 4.78 is 38.7. The first kappa shape index (κ1) is 20.8. The second-order valence-corrected chi connectivity index (χ2v) is 6.53. The number of amides is 1. The third-order valence-electron chi connectivity index (χ3n) is 2.69. The van der Waals surface area contributed by atoms with Gasteiger partial charge >= 0.3 is 12.1 Å². The summed E-state index contributed by atoms with van der Waals surface area (Å²) >= 11 is 0.413. The predicted molar refractivity (Wildman–Crippen MR) is 76.3 cm³/mol. The summed E-state index contributed by atoms with van der Waals surface area (Å²) in [6.07, 6.45) is -4.99. The molecule has 0 aliphatic carbocycles. The molecule has 22 heavy (non-hydrogen) atoms. The van der Waals surface area contributed by atoms with Gasteiger partial charge in [0.2, 0.25) is 5.91 Å². The number of hydrogen-bond acceptors (Lipinski definition) is 4. The molecule has 0 radical (unpaired) electrons. The summed E-state index contributed by atoms with van der Waals surface area (Å²) in [6, 6.07) is -0.878. The molecule has 9 heteroatoms. The number of carbonyl (C=O) groups is 3. The molecule has 0 saturated carbocycles. The molecule has 0 bridgehead atoms. The van der Waals surface area contributed by atoms with E-state index < -0.39 is 47.3 Å². The largest absolute Gasteiger partial charge is 0.481 e. The Kier molecular flexibility index (Phi) is 8.50. The highest BCUT2D eigenvalue weighted by Crippen LogP contribution is 2.30. The molecule has 5 nitrogen and oxygen atoms in total. The fraction of sp³-hybridized carbons (Fsp3) is 0.769. The van der Waals surface area contributed by atoms with Crippen LogP contribution in [-0.2, 0) is 14.4 Å². The van der Waals surface area contributed by atoms with Crippen LogP contribution >= 0.6 is 11.8 Å². The lowest BCUT2D eigenvalue weighted by molar-refractivity contribution is -0.178. The molecule has 0 aliphatic rings. The molecular weight excluding hydrogens is 323 g/mol. The third kappa shape index (κ3) is 8.91. The number of carbonyl (C=O) groups excluding carboxylic acids is 2. The quantitative estimate of drug-likeness (QED) is 0.707. The molecule has 2 atom stereocenters. The Hall–Kier alpha value is -1.25. The van der Waals surface area contributed by atoms with Gasteiger partial charge in [0.1, 0.15) is 5.92 Å². The number of hydrogen-bond donors (Lipinski definition) is 2. The zero-order valence-corrected chi connectivity index (χ0v) is 13.4. The van der Waals surface area contributed by atoms with Crippen LogP contribution in [0, 0.1) is 11.8 Å². The van der Waals surface area contributed by atoms with Crippen molar-refractivity contribution in [3.63, 3.8) is 0 Å². The van der Waals surface area contributed by atoms with Crippen molar-refractivity contribution in [3.05, 3.63) is 0 Å². The van der Waals surface area contributed by atoms with Crippen molar-refractivity contribution in [2.45, 2.75) is 45.8 Å². The molecule has 0 rings (SSSR count). The molecule has 0 aromatic rings. The summed E-state index contributed by atoms with van der Waals surface area (Å²) in [4.78, 5) is 33.4. The van der Waals surface area contributed by atoms with Crippen LogP contribution in [0.1, 0.15) is 33.6 Å². The van der Waals surface area contributed by atoms with E-state index in [4.69, 9.17) is 5.11 Å². The van der Waals surface area contributed by atoms with Crippen molar-refractivity contribution in [1.82, 2.24) is 5.32 Å². The Morgan fingerprint density at radius 3 is 2.14 bits per heavy atom. The number of carboxylic acids is 1. The number of rotatable bonds is 8. The Morgan fingerprint density at radius 2 is 1.77 bits per heavy atom. The Balaban J connectivity index is 4.94. The normalized spacial score (nSPS) is 14.5. The van der Waals surface area contributed by atoms with Gasteiger partial charge < -0.3 is 10.4 Å². The number of nitrogens with one attached hydrogen (secondary N) is 1. The summed E-state index contributed by atoms with van der Waals surface area (Å²) in [7, 11) is 0. The lowest BCUT2D eigenvalue weighted by Gasteiger charge is -2.24. The van der Waals surface area contributed by atoms with Crippen molar-refractivity contribution in [3.8, 4) is 0 Å². The molecule has 1 amide bonds. The summed E-state index contributed by atoms with van der Waals surface area (Å²) in [5.41, 5.74) is 0. The van der Waals surface area contributed by atoms with Crippen LogP contribution < -0.4 is 5.32 Å². The van der Waals surface area contributed by atoms with Gasteiger partial charge in [0.25, 0.3) is 0 Å². The summed E-state index contributed by atoms with van der Waals surface area (Å²) in [5, 5.41) is 10.4. The van der Waals surface area contributed by atoms with Crippen molar-refractivity contribution in [2.75, 3.05) is 5.75 Å². The minimum absolute atomic E-state index is 0.0144. The lowest BCUT2D eigenvalue weighted by Crippen LogP contribution is -2.46. The van der Waals surface area contributed by atoms with Crippen LogP contribution in [0.25, 0.3) is 0 Å². The van der Waals surface area contributed by atoms with E-state index in [1.54, 1.807) is 13.8 Å². The molecule has 2 N–H and O–H groups in total. The Bertz CT molecular complexity index is 413. The van der Waals surface area contributed by atoms with Crippen LogP contribution in [0.2, 0.25) is 0 Å². The fourth-order valence-corrected chi connectivity index (χ4v) is 2.54. The van der Waals surface area contributed by atoms with Crippen LogP contribution in [0.3, 0.4) is 0 Å². The highest BCUT2D eigenvalue weighted by molar-refractivity contribution is 8.13. The van der Waals surface area contributed by atoms with E-state index >= 15 is 0 Å². The van der Waals surface area contributed by atoms with Crippen molar-refractivity contribution >= 4 is 28.8 Å². The molecule has 128 valence electrons. The molecule has 0 fully saturated rings. The zero-order chi connectivity index (χ0) is 17.5. The first-order chi connectivity index (χ1) is 9.93. The van der Waals surface area contributed by atoms with Gasteiger partial charge in [0.05, 0.1) is 6.42 Å². The highest BCUT2D eigenvalue weighted by atomic mass is 32.2. The number of alkyl halides is 3. The molecule has 0 saturated heterocycles. The van der Waals surface area contributed by atoms with E-state index in [-0.39, 0.29) is 12.3 Å². The number of carboxylic acid groups (broad SMARTS) is 1. The first-order valence-corrected chi connectivity index (χ1v) is 7.64. The van der Waals surface area contributed by atoms with Gasteiger partial charge in [-0.15, -0.1) is 0 Å². The molecular formula is C13H20F3NO4S. The maximum atomic E-state index is 12.9. The maximum absolute atomic E-state index is 12.9. The van der Waals surface area contributed by atoms with Crippen LogP contribution in [-0.4, -0.2) is 40.1 Å². The van der Waals surface area contributed by atoms with Crippen molar-refractivity contribution < 1.29 is 32.7 Å². The van der Waals surface area contributed by atoms with Crippen LogP contribution in [0.5, 0.6) is 0 Å². The van der Waals surface area contributed by atoms with Gasteiger partial charge in [-0.2, -0.15) is 13.2 Å².